The molecule has 0 radical (unpaired) electrons. The second-order valence-electron chi connectivity index (χ2n) is 7.47. The molecule has 0 unspecified atom stereocenters. The van der Waals surface area contributed by atoms with Gasteiger partial charge in [-0.3, -0.25) is 9.59 Å². The molecular formula is C18H25N3O2. The molecule has 2 heterocycles. The Hall–Kier alpha value is -2.04. The summed E-state index contributed by atoms with van der Waals surface area (Å²) in [5.74, 6) is 0.371. The molecule has 0 aliphatic carbocycles. The number of carbonyl (C=O) groups excluding carboxylic acids is 2. The second kappa shape index (κ2) is 5.55. The lowest BCUT2D eigenvalue weighted by molar-refractivity contribution is -0.139. The normalized spacial score (nSPS) is 18.4. The molecule has 5 nitrogen and oxygen atoms in total. The molecule has 0 saturated carbocycles. The maximum Gasteiger partial charge on any atom is 0.231 e. The summed E-state index contributed by atoms with van der Waals surface area (Å²) in [5.41, 5.74) is 2.94. The van der Waals surface area contributed by atoms with Crippen molar-refractivity contribution < 1.29 is 9.59 Å². The summed E-state index contributed by atoms with van der Waals surface area (Å²) >= 11 is 0. The van der Waals surface area contributed by atoms with Gasteiger partial charge in [0.2, 0.25) is 11.8 Å². The van der Waals surface area contributed by atoms with Crippen LogP contribution >= 0.6 is 0 Å². The van der Waals surface area contributed by atoms with Crippen molar-refractivity contribution in [3.05, 3.63) is 23.8 Å². The molecule has 23 heavy (non-hydrogen) atoms. The number of benzene rings is 1. The third-order valence-corrected chi connectivity index (χ3v) is 4.71. The van der Waals surface area contributed by atoms with Gasteiger partial charge in [-0.25, -0.2) is 0 Å². The number of hydrogen-bond donors (Lipinski definition) is 0. The van der Waals surface area contributed by atoms with Crippen LogP contribution in [-0.2, 0) is 16.0 Å². The van der Waals surface area contributed by atoms with E-state index < -0.39 is 0 Å². The molecule has 0 atom stereocenters. The first-order valence-corrected chi connectivity index (χ1v) is 8.21. The predicted molar refractivity (Wildman–Crippen MR) is 91.8 cm³/mol. The van der Waals surface area contributed by atoms with E-state index >= 15 is 0 Å². The molecule has 0 aromatic heterocycles. The minimum absolute atomic E-state index is 0.151. The fourth-order valence-electron chi connectivity index (χ4n) is 3.30. The van der Waals surface area contributed by atoms with Gasteiger partial charge in [-0.1, -0.05) is 20.8 Å². The van der Waals surface area contributed by atoms with Gasteiger partial charge in [0, 0.05) is 50.0 Å². The zero-order valence-electron chi connectivity index (χ0n) is 14.4. The smallest absolute Gasteiger partial charge is 0.231 e. The van der Waals surface area contributed by atoms with Crippen molar-refractivity contribution in [3.63, 3.8) is 0 Å². The third-order valence-electron chi connectivity index (χ3n) is 4.71. The fourth-order valence-corrected chi connectivity index (χ4v) is 3.30. The summed E-state index contributed by atoms with van der Waals surface area (Å²) in [5, 5.41) is 0. The first kappa shape index (κ1) is 15.8. The standard InChI is InChI=1S/C18H25N3O2/c1-18(2,3)17(23)21-9-7-20(8-10-21)14-5-6-15-13(11-14)12-16(22)19(15)4/h5-6,11H,7-10,12H2,1-4H3. The number of amides is 2. The molecule has 5 heteroatoms. The molecule has 1 aromatic carbocycles. The Morgan fingerprint density at radius 1 is 1.09 bits per heavy atom. The zero-order chi connectivity index (χ0) is 16.8. The lowest BCUT2D eigenvalue weighted by Gasteiger charge is -2.38. The highest BCUT2D eigenvalue weighted by atomic mass is 16.2. The largest absolute Gasteiger partial charge is 0.368 e. The number of likely N-dealkylation sites (N-methyl/N-ethyl adjacent to an activating group) is 1. The number of fused-ring (bicyclic) bond motifs is 1. The van der Waals surface area contributed by atoms with Crippen LogP contribution < -0.4 is 9.80 Å². The first-order valence-electron chi connectivity index (χ1n) is 8.21. The summed E-state index contributed by atoms with van der Waals surface area (Å²) in [4.78, 5) is 30.1. The average molecular weight is 315 g/mol. The quantitative estimate of drug-likeness (QED) is 0.795. The Bertz CT molecular complexity index is 640. The van der Waals surface area contributed by atoms with Gasteiger partial charge >= 0.3 is 0 Å². The lowest BCUT2D eigenvalue weighted by Crippen LogP contribution is -2.51. The summed E-state index contributed by atoms with van der Waals surface area (Å²) in [6, 6.07) is 6.23. The summed E-state index contributed by atoms with van der Waals surface area (Å²) in [6.07, 6.45) is 0.488. The van der Waals surface area contributed by atoms with E-state index in [0.717, 1.165) is 43.1 Å². The predicted octanol–water partition coefficient (Wildman–Crippen LogP) is 1.90. The third kappa shape index (κ3) is 2.92. The monoisotopic (exact) mass is 315 g/mol. The molecule has 0 N–H and O–H groups in total. The van der Waals surface area contributed by atoms with Crippen LogP contribution in [0.1, 0.15) is 26.3 Å². The number of carbonyl (C=O) groups is 2. The van der Waals surface area contributed by atoms with E-state index in [0.29, 0.717) is 6.42 Å². The lowest BCUT2D eigenvalue weighted by atomic mass is 9.94. The summed E-state index contributed by atoms with van der Waals surface area (Å²) in [6.45, 7) is 9.09. The van der Waals surface area contributed by atoms with Crippen LogP contribution in [0, 0.1) is 5.41 Å². The molecule has 124 valence electrons. The highest BCUT2D eigenvalue weighted by Crippen LogP contribution is 2.31. The maximum absolute atomic E-state index is 12.4. The average Bonchev–Trinajstić information content (AvgIpc) is 2.80. The summed E-state index contributed by atoms with van der Waals surface area (Å²) < 4.78 is 0. The molecule has 1 fully saturated rings. The number of nitrogens with zero attached hydrogens (tertiary/aromatic N) is 3. The Balaban J connectivity index is 1.69. The maximum atomic E-state index is 12.4. The van der Waals surface area contributed by atoms with Gasteiger partial charge in [-0.2, -0.15) is 0 Å². The highest BCUT2D eigenvalue weighted by molar-refractivity contribution is 6.01. The van der Waals surface area contributed by atoms with Gasteiger partial charge in [-0.05, 0) is 23.8 Å². The van der Waals surface area contributed by atoms with Crippen molar-refractivity contribution in [1.29, 1.82) is 0 Å². The van der Waals surface area contributed by atoms with Crippen LogP contribution in [0.25, 0.3) is 0 Å². The molecule has 0 spiro atoms. The zero-order valence-corrected chi connectivity index (χ0v) is 14.4. The van der Waals surface area contributed by atoms with Crippen molar-refractivity contribution in [2.24, 2.45) is 5.41 Å². The van der Waals surface area contributed by atoms with E-state index in [2.05, 4.69) is 17.0 Å². The van der Waals surface area contributed by atoms with Crippen molar-refractivity contribution in [2.45, 2.75) is 27.2 Å². The minimum atomic E-state index is -0.319. The Morgan fingerprint density at radius 2 is 1.74 bits per heavy atom. The molecule has 2 aliphatic heterocycles. The van der Waals surface area contributed by atoms with Crippen molar-refractivity contribution >= 4 is 23.2 Å². The molecule has 1 aromatic rings. The van der Waals surface area contributed by atoms with Crippen molar-refractivity contribution in [2.75, 3.05) is 43.0 Å². The number of rotatable bonds is 1. The molecule has 3 rings (SSSR count). The van der Waals surface area contributed by atoms with Crippen molar-refractivity contribution in [1.82, 2.24) is 4.90 Å². The first-order chi connectivity index (χ1) is 10.8. The van der Waals surface area contributed by atoms with Gasteiger partial charge in [0.25, 0.3) is 0 Å². The number of piperazine rings is 1. The van der Waals surface area contributed by atoms with Gasteiger partial charge in [-0.15, -0.1) is 0 Å². The van der Waals surface area contributed by atoms with Crippen LogP contribution in [-0.4, -0.2) is 49.9 Å². The van der Waals surface area contributed by atoms with E-state index in [4.69, 9.17) is 0 Å². The SMILES string of the molecule is CN1C(=O)Cc2cc(N3CCN(C(=O)C(C)(C)C)CC3)ccc21. The molecular weight excluding hydrogens is 290 g/mol. The molecule has 0 bridgehead atoms. The molecule has 2 amide bonds. The van der Waals surface area contributed by atoms with Gasteiger partial charge in [0.15, 0.2) is 0 Å². The fraction of sp³-hybridized carbons (Fsp3) is 0.556. The summed E-state index contributed by atoms with van der Waals surface area (Å²) in [7, 11) is 1.82. The van der Waals surface area contributed by atoms with E-state index in [1.165, 1.54) is 0 Å². The number of hydrogen-bond acceptors (Lipinski definition) is 3. The van der Waals surface area contributed by atoms with E-state index in [1.54, 1.807) is 4.90 Å². The van der Waals surface area contributed by atoms with Crippen LogP contribution in [0.5, 0.6) is 0 Å². The van der Waals surface area contributed by atoms with Gasteiger partial charge in [0.1, 0.15) is 0 Å². The van der Waals surface area contributed by atoms with Crippen LogP contribution in [0.4, 0.5) is 11.4 Å². The second-order valence-corrected chi connectivity index (χ2v) is 7.47. The van der Waals surface area contributed by atoms with Crippen LogP contribution in [0.3, 0.4) is 0 Å². The van der Waals surface area contributed by atoms with Gasteiger partial charge in [0.05, 0.1) is 6.42 Å². The van der Waals surface area contributed by atoms with Gasteiger partial charge < -0.3 is 14.7 Å². The number of anilines is 2. The molecule has 1 saturated heterocycles. The van der Waals surface area contributed by atoms with E-state index in [-0.39, 0.29) is 17.2 Å². The molecule has 2 aliphatic rings. The Labute approximate surface area is 137 Å². The minimum Gasteiger partial charge on any atom is -0.368 e. The van der Waals surface area contributed by atoms with Crippen LogP contribution in [0.2, 0.25) is 0 Å². The Morgan fingerprint density at radius 3 is 2.35 bits per heavy atom. The highest BCUT2D eigenvalue weighted by Gasteiger charge is 2.30. The van der Waals surface area contributed by atoms with Crippen molar-refractivity contribution in [3.8, 4) is 0 Å². The van der Waals surface area contributed by atoms with E-state index in [9.17, 15) is 9.59 Å². The Kier molecular flexibility index (Phi) is 3.82. The van der Waals surface area contributed by atoms with E-state index in [1.807, 2.05) is 38.8 Å². The van der Waals surface area contributed by atoms with Crippen LogP contribution in [0.15, 0.2) is 18.2 Å². The topological polar surface area (TPSA) is 43.9 Å².